The summed E-state index contributed by atoms with van der Waals surface area (Å²) in [5, 5.41) is 22.5. The number of nitrogens with one attached hydrogen (secondary N) is 1. The van der Waals surface area contributed by atoms with Gasteiger partial charge in [0, 0.05) is 11.4 Å². The largest absolute Gasteiger partial charge is 0.508 e. The van der Waals surface area contributed by atoms with E-state index in [1.165, 1.54) is 21.1 Å². The van der Waals surface area contributed by atoms with Gasteiger partial charge in [0.05, 0.1) is 9.09 Å². The molecule has 1 aromatic carbocycles. The summed E-state index contributed by atoms with van der Waals surface area (Å²) in [6.45, 7) is 0. The molecule has 6 heteroatoms. The molecule has 0 bridgehead atoms. The number of carbonyl (C=O) groups is 1. The van der Waals surface area contributed by atoms with Gasteiger partial charge in [0.25, 0.3) is 0 Å². The monoisotopic (exact) mass is 347 g/mol. The maximum absolute atomic E-state index is 10.9. The predicted molar refractivity (Wildman–Crippen MR) is 94.6 cm³/mol. The number of aldehydes is 1. The van der Waals surface area contributed by atoms with Crippen molar-refractivity contribution in [3.05, 3.63) is 52.4 Å². The summed E-state index contributed by atoms with van der Waals surface area (Å²) in [5.41, 5.74) is 3.07. The first kappa shape index (κ1) is 16.1. The first-order valence-corrected chi connectivity index (χ1v) is 9.08. The van der Waals surface area contributed by atoms with Crippen LogP contribution in [0.25, 0.3) is 0 Å². The van der Waals surface area contributed by atoms with Crippen molar-refractivity contribution < 1.29 is 15.0 Å². The fourth-order valence-corrected chi connectivity index (χ4v) is 4.85. The van der Waals surface area contributed by atoms with E-state index < -0.39 is 6.23 Å². The Morgan fingerprint density at radius 3 is 2.78 bits per heavy atom. The van der Waals surface area contributed by atoms with Crippen molar-refractivity contribution in [1.29, 1.82) is 0 Å². The van der Waals surface area contributed by atoms with Crippen LogP contribution in [0.1, 0.15) is 21.7 Å². The minimum Gasteiger partial charge on any atom is -0.508 e. The van der Waals surface area contributed by atoms with Crippen LogP contribution < -0.4 is 5.32 Å². The molecule has 3 N–H and O–H groups in total. The average molecular weight is 347 g/mol. The van der Waals surface area contributed by atoms with Crippen LogP contribution in [0, 0.1) is 0 Å². The lowest BCUT2D eigenvalue weighted by molar-refractivity contribution is 0.112. The number of fused-ring (bicyclic) bond motifs is 1. The minimum absolute atomic E-state index is 0.195. The van der Waals surface area contributed by atoms with Crippen LogP contribution in [0.5, 0.6) is 5.75 Å². The van der Waals surface area contributed by atoms with Gasteiger partial charge < -0.3 is 15.5 Å². The van der Waals surface area contributed by atoms with E-state index in [4.69, 9.17) is 0 Å². The molecule has 1 aliphatic heterocycles. The zero-order valence-electron chi connectivity index (χ0n) is 12.4. The van der Waals surface area contributed by atoms with E-state index in [0.29, 0.717) is 0 Å². The second-order valence-electron chi connectivity index (χ2n) is 5.32. The van der Waals surface area contributed by atoms with Crippen molar-refractivity contribution in [2.45, 2.75) is 23.3 Å². The zero-order chi connectivity index (χ0) is 16.2. The number of rotatable bonds is 4. The molecule has 0 radical (unpaired) electrons. The molecule has 0 saturated heterocycles. The molecule has 1 aliphatic rings. The highest BCUT2D eigenvalue weighted by atomic mass is 32.2. The Balaban J connectivity index is 1.70. The number of thioether (sulfide) groups is 1. The molecule has 120 valence electrons. The van der Waals surface area contributed by atoms with Gasteiger partial charge in [-0.1, -0.05) is 5.57 Å². The molecule has 0 spiro atoms. The maximum atomic E-state index is 10.9. The molecule has 0 aliphatic carbocycles. The Labute approximate surface area is 142 Å². The maximum Gasteiger partial charge on any atom is 0.160 e. The molecular weight excluding hydrogens is 330 g/mol. The lowest BCUT2D eigenvalue weighted by atomic mass is 10.0. The summed E-state index contributed by atoms with van der Waals surface area (Å²) in [5.74, 6) is 1.14. The van der Waals surface area contributed by atoms with Crippen molar-refractivity contribution in [2.24, 2.45) is 0 Å². The molecule has 3 rings (SSSR count). The van der Waals surface area contributed by atoms with E-state index in [0.717, 1.165) is 41.0 Å². The smallest absolute Gasteiger partial charge is 0.160 e. The van der Waals surface area contributed by atoms with E-state index in [-0.39, 0.29) is 5.75 Å². The molecule has 0 saturated carbocycles. The SMILES string of the molecule is O=Cc1cc2c(s1)SCC/C(=C/[C@H](O)Nc1ccc(O)cc1)C2. The van der Waals surface area contributed by atoms with Crippen molar-refractivity contribution in [2.75, 3.05) is 11.1 Å². The first-order chi connectivity index (χ1) is 11.1. The van der Waals surface area contributed by atoms with Crippen LogP contribution in [0.2, 0.25) is 0 Å². The van der Waals surface area contributed by atoms with E-state index in [9.17, 15) is 15.0 Å². The van der Waals surface area contributed by atoms with Gasteiger partial charge >= 0.3 is 0 Å². The second kappa shape index (κ2) is 7.21. The number of anilines is 1. The van der Waals surface area contributed by atoms with Gasteiger partial charge in [-0.2, -0.15) is 0 Å². The number of hydrogen-bond acceptors (Lipinski definition) is 6. The van der Waals surface area contributed by atoms with Crippen LogP contribution in [-0.2, 0) is 6.42 Å². The number of carbonyl (C=O) groups excluding carboxylic acids is 1. The third kappa shape index (κ3) is 4.16. The van der Waals surface area contributed by atoms with Gasteiger partial charge in [-0.15, -0.1) is 23.1 Å². The zero-order valence-corrected chi connectivity index (χ0v) is 14.0. The van der Waals surface area contributed by atoms with Gasteiger partial charge in [0.2, 0.25) is 0 Å². The number of aliphatic hydroxyl groups is 1. The van der Waals surface area contributed by atoms with E-state index >= 15 is 0 Å². The van der Waals surface area contributed by atoms with Crippen molar-refractivity contribution >= 4 is 35.1 Å². The van der Waals surface area contributed by atoms with Gasteiger partial charge in [-0.05, 0) is 54.8 Å². The number of aromatic hydroxyl groups is 1. The van der Waals surface area contributed by atoms with E-state index in [1.807, 2.05) is 12.1 Å². The highest BCUT2D eigenvalue weighted by Crippen LogP contribution is 2.37. The highest BCUT2D eigenvalue weighted by molar-refractivity contribution is 8.01. The summed E-state index contributed by atoms with van der Waals surface area (Å²) in [6.07, 6.45) is 3.62. The van der Waals surface area contributed by atoms with Gasteiger partial charge in [0.15, 0.2) is 6.29 Å². The Morgan fingerprint density at radius 2 is 2.04 bits per heavy atom. The Morgan fingerprint density at radius 1 is 1.26 bits per heavy atom. The fraction of sp³-hybridized carbons (Fsp3) is 0.235. The molecule has 0 unspecified atom stereocenters. The molecule has 0 amide bonds. The fourth-order valence-electron chi connectivity index (χ4n) is 2.48. The molecule has 0 fully saturated rings. The topological polar surface area (TPSA) is 69.6 Å². The predicted octanol–water partition coefficient (Wildman–Crippen LogP) is 3.66. The molecule has 2 aromatic rings. The summed E-state index contributed by atoms with van der Waals surface area (Å²) < 4.78 is 1.21. The third-order valence-corrected chi connectivity index (χ3v) is 5.99. The number of thiophene rings is 1. The summed E-state index contributed by atoms with van der Waals surface area (Å²) in [4.78, 5) is 11.7. The van der Waals surface area contributed by atoms with Crippen LogP contribution >= 0.6 is 23.1 Å². The molecule has 1 atom stereocenters. The lowest BCUT2D eigenvalue weighted by Gasteiger charge is -2.13. The summed E-state index contributed by atoms with van der Waals surface area (Å²) >= 11 is 3.31. The van der Waals surface area contributed by atoms with Crippen LogP contribution in [-0.4, -0.2) is 28.5 Å². The van der Waals surface area contributed by atoms with Gasteiger partial charge in [0.1, 0.15) is 12.0 Å². The molecule has 1 aromatic heterocycles. The van der Waals surface area contributed by atoms with E-state index in [1.54, 1.807) is 36.0 Å². The van der Waals surface area contributed by atoms with Crippen molar-refractivity contribution in [1.82, 2.24) is 0 Å². The standard InChI is InChI=1S/C17H17NO3S2/c19-10-15-9-12-7-11(5-6-22-17(12)23-15)8-16(21)18-13-1-3-14(20)4-2-13/h1-4,8-10,16,18,20-21H,5-7H2/b11-8-/t16-/m0/s1. The Bertz CT molecular complexity index is 722. The normalized spacial score (nSPS) is 17.3. The van der Waals surface area contributed by atoms with Crippen LogP contribution in [0.4, 0.5) is 5.69 Å². The summed E-state index contributed by atoms with van der Waals surface area (Å²) in [7, 11) is 0. The van der Waals surface area contributed by atoms with Gasteiger partial charge in [-0.3, -0.25) is 4.79 Å². The minimum atomic E-state index is -0.787. The Hall–Kier alpha value is -1.76. The molecule has 23 heavy (non-hydrogen) atoms. The number of aliphatic hydroxyl groups excluding tert-OH is 1. The van der Waals surface area contributed by atoms with Crippen molar-refractivity contribution in [3.8, 4) is 5.75 Å². The van der Waals surface area contributed by atoms with Gasteiger partial charge in [-0.25, -0.2) is 0 Å². The Kier molecular flexibility index (Phi) is 5.05. The highest BCUT2D eigenvalue weighted by Gasteiger charge is 2.16. The molecular formula is C17H17NO3S2. The van der Waals surface area contributed by atoms with Crippen molar-refractivity contribution in [3.63, 3.8) is 0 Å². The van der Waals surface area contributed by atoms with Crippen LogP contribution in [0.15, 0.2) is 46.2 Å². The number of phenols is 1. The molecule has 4 nitrogen and oxygen atoms in total. The number of hydrogen-bond donors (Lipinski definition) is 3. The second-order valence-corrected chi connectivity index (χ2v) is 7.76. The van der Waals surface area contributed by atoms with E-state index in [2.05, 4.69) is 5.32 Å². The quantitative estimate of drug-likeness (QED) is 0.341. The molecule has 2 heterocycles. The number of benzene rings is 1. The average Bonchev–Trinajstić information content (AvgIpc) is 2.82. The lowest BCUT2D eigenvalue weighted by Crippen LogP contribution is -2.16. The summed E-state index contributed by atoms with van der Waals surface area (Å²) in [6, 6.07) is 8.52. The van der Waals surface area contributed by atoms with Crippen LogP contribution in [0.3, 0.4) is 0 Å². The number of allylic oxidation sites excluding steroid dienone is 1. The third-order valence-electron chi connectivity index (χ3n) is 3.55. The number of phenolic OH excluding ortho intramolecular Hbond substituents is 1. The first-order valence-electron chi connectivity index (χ1n) is 7.28.